The molecule has 1 aromatic rings. The second kappa shape index (κ2) is 6.82. The van der Waals surface area contributed by atoms with Crippen molar-refractivity contribution in [1.29, 1.82) is 0 Å². The van der Waals surface area contributed by atoms with Crippen LogP contribution in [0.25, 0.3) is 0 Å². The minimum atomic E-state index is 0.307. The van der Waals surface area contributed by atoms with Gasteiger partial charge in [-0.05, 0) is 24.4 Å². The number of fused-ring (bicyclic) bond motifs is 1. The van der Waals surface area contributed by atoms with Gasteiger partial charge in [-0.25, -0.2) is 0 Å². The Labute approximate surface area is 144 Å². The number of hydrogen-bond donors (Lipinski definition) is 1. The smallest absolute Gasteiger partial charge is 0.236 e. The van der Waals surface area contributed by atoms with E-state index in [1.807, 2.05) is 4.90 Å². The molecule has 1 amide bonds. The van der Waals surface area contributed by atoms with Crippen LogP contribution in [-0.4, -0.2) is 80.0 Å². The molecule has 0 saturated carbocycles. The number of likely N-dealkylation sites (tertiary alicyclic amines) is 2. The zero-order valence-corrected chi connectivity index (χ0v) is 14.5. The lowest BCUT2D eigenvalue weighted by atomic mass is 9.90. The summed E-state index contributed by atoms with van der Waals surface area (Å²) in [6, 6.07) is 11.4. The number of carbonyl (C=O) groups excluding carboxylic acids is 1. The summed E-state index contributed by atoms with van der Waals surface area (Å²) in [6.07, 6.45) is 0. The van der Waals surface area contributed by atoms with E-state index in [4.69, 9.17) is 0 Å². The number of hydrogen-bond acceptors (Lipinski definition) is 4. The minimum Gasteiger partial charge on any atom is -0.339 e. The highest BCUT2D eigenvalue weighted by Crippen LogP contribution is 2.43. The summed E-state index contributed by atoms with van der Waals surface area (Å²) in [5, 5.41) is 3.31. The second-order valence-electron chi connectivity index (χ2n) is 7.54. The fourth-order valence-corrected chi connectivity index (χ4v) is 4.84. The number of amides is 1. The average Bonchev–Trinajstić information content (AvgIpc) is 3.12. The Hall–Kier alpha value is -1.43. The zero-order chi connectivity index (χ0) is 16.5. The molecule has 5 nitrogen and oxygen atoms in total. The van der Waals surface area contributed by atoms with E-state index in [1.165, 1.54) is 5.56 Å². The van der Waals surface area contributed by atoms with Crippen molar-refractivity contribution in [1.82, 2.24) is 20.0 Å². The van der Waals surface area contributed by atoms with Crippen molar-refractivity contribution < 1.29 is 4.79 Å². The first kappa shape index (κ1) is 16.1. The average molecular weight is 328 g/mol. The zero-order valence-electron chi connectivity index (χ0n) is 14.5. The van der Waals surface area contributed by atoms with Gasteiger partial charge in [0.15, 0.2) is 0 Å². The molecule has 130 valence electrons. The van der Waals surface area contributed by atoms with Crippen LogP contribution in [0.5, 0.6) is 0 Å². The molecule has 3 aliphatic rings. The summed E-state index contributed by atoms with van der Waals surface area (Å²) in [6.45, 7) is 7.42. The quantitative estimate of drug-likeness (QED) is 0.884. The molecule has 0 radical (unpaired) electrons. The Bertz CT molecular complexity index is 572. The van der Waals surface area contributed by atoms with E-state index in [0.29, 0.717) is 30.3 Å². The summed E-state index contributed by atoms with van der Waals surface area (Å²) in [5.41, 5.74) is 1.42. The third kappa shape index (κ3) is 3.08. The van der Waals surface area contributed by atoms with Gasteiger partial charge in [-0.2, -0.15) is 0 Å². The van der Waals surface area contributed by atoms with Crippen LogP contribution < -0.4 is 5.32 Å². The van der Waals surface area contributed by atoms with Gasteiger partial charge >= 0.3 is 0 Å². The van der Waals surface area contributed by atoms with Crippen LogP contribution in [-0.2, 0) is 4.79 Å². The Balaban J connectivity index is 1.40. The first-order valence-corrected chi connectivity index (χ1v) is 9.18. The maximum atomic E-state index is 12.5. The van der Waals surface area contributed by atoms with Crippen molar-refractivity contribution in [3.63, 3.8) is 0 Å². The molecule has 5 heteroatoms. The van der Waals surface area contributed by atoms with Gasteiger partial charge in [0.2, 0.25) is 5.91 Å². The summed E-state index contributed by atoms with van der Waals surface area (Å²) < 4.78 is 0. The van der Waals surface area contributed by atoms with Crippen molar-refractivity contribution in [3.05, 3.63) is 35.9 Å². The molecule has 0 aromatic heterocycles. The molecule has 0 aliphatic carbocycles. The Morgan fingerprint density at radius 1 is 1.12 bits per heavy atom. The van der Waals surface area contributed by atoms with Crippen molar-refractivity contribution in [2.24, 2.45) is 11.8 Å². The van der Waals surface area contributed by atoms with Gasteiger partial charge in [0.25, 0.3) is 0 Å². The predicted molar refractivity (Wildman–Crippen MR) is 94.7 cm³/mol. The topological polar surface area (TPSA) is 38.8 Å². The molecule has 0 bridgehead atoms. The van der Waals surface area contributed by atoms with Gasteiger partial charge in [0.05, 0.1) is 6.54 Å². The third-order valence-corrected chi connectivity index (χ3v) is 5.94. The highest BCUT2D eigenvalue weighted by atomic mass is 16.2. The van der Waals surface area contributed by atoms with E-state index in [1.54, 1.807) is 0 Å². The predicted octanol–water partition coefficient (Wildman–Crippen LogP) is 0.653. The van der Waals surface area contributed by atoms with Crippen LogP contribution in [0.3, 0.4) is 0 Å². The molecule has 24 heavy (non-hydrogen) atoms. The molecule has 3 atom stereocenters. The van der Waals surface area contributed by atoms with Crippen LogP contribution >= 0.6 is 0 Å². The molecule has 1 N–H and O–H groups in total. The molecule has 3 fully saturated rings. The Morgan fingerprint density at radius 2 is 1.88 bits per heavy atom. The van der Waals surface area contributed by atoms with Gasteiger partial charge in [-0.3, -0.25) is 14.6 Å². The van der Waals surface area contributed by atoms with E-state index in [2.05, 4.69) is 52.5 Å². The van der Waals surface area contributed by atoms with Crippen LogP contribution in [0.15, 0.2) is 30.3 Å². The molecule has 3 heterocycles. The monoisotopic (exact) mass is 328 g/mol. The van der Waals surface area contributed by atoms with E-state index in [0.717, 1.165) is 45.8 Å². The molecule has 4 rings (SSSR count). The maximum absolute atomic E-state index is 12.5. The lowest BCUT2D eigenvalue weighted by Gasteiger charge is -2.30. The lowest BCUT2D eigenvalue weighted by molar-refractivity contribution is -0.132. The number of nitrogens with zero attached hydrogens (tertiary/aromatic N) is 3. The standard InChI is InChI=1S/C19H28N4O/c1-21-11-16-12-22(14-18(24)23-9-7-20-8-10-23)13-17(16)19(21)15-5-3-2-4-6-15/h2-6,16-17,19-20H,7-14H2,1H3/t16-,17+,19-/m0/s1. The molecule has 1 aromatic carbocycles. The van der Waals surface area contributed by atoms with E-state index in [-0.39, 0.29) is 0 Å². The van der Waals surface area contributed by atoms with Crippen LogP contribution in [0.1, 0.15) is 11.6 Å². The summed E-state index contributed by atoms with van der Waals surface area (Å²) in [7, 11) is 2.24. The lowest BCUT2D eigenvalue weighted by Crippen LogP contribution is -2.49. The van der Waals surface area contributed by atoms with Crippen molar-refractivity contribution in [2.75, 3.05) is 59.4 Å². The van der Waals surface area contributed by atoms with Crippen molar-refractivity contribution in [3.8, 4) is 0 Å². The third-order valence-electron chi connectivity index (χ3n) is 5.94. The first-order chi connectivity index (χ1) is 11.7. The number of piperazine rings is 1. The van der Waals surface area contributed by atoms with E-state index < -0.39 is 0 Å². The number of carbonyl (C=O) groups is 1. The maximum Gasteiger partial charge on any atom is 0.236 e. The van der Waals surface area contributed by atoms with Gasteiger partial charge in [0, 0.05) is 51.9 Å². The van der Waals surface area contributed by atoms with Crippen LogP contribution in [0, 0.1) is 11.8 Å². The molecule has 3 saturated heterocycles. The summed E-state index contributed by atoms with van der Waals surface area (Å²) in [4.78, 5) is 19.4. The Morgan fingerprint density at radius 3 is 2.62 bits per heavy atom. The minimum absolute atomic E-state index is 0.307. The molecular formula is C19H28N4O. The summed E-state index contributed by atoms with van der Waals surface area (Å²) >= 11 is 0. The fourth-order valence-electron chi connectivity index (χ4n) is 4.84. The van der Waals surface area contributed by atoms with Crippen LogP contribution in [0.2, 0.25) is 0 Å². The number of rotatable bonds is 3. The fraction of sp³-hybridized carbons (Fsp3) is 0.632. The molecular weight excluding hydrogens is 300 g/mol. The number of nitrogens with one attached hydrogen (secondary N) is 1. The molecule has 0 spiro atoms. The Kier molecular flexibility index (Phi) is 4.57. The molecule has 0 unspecified atom stereocenters. The SMILES string of the molecule is CN1C[C@H]2CN(CC(=O)N3CCNCC3)C[C@H]2[C@@H]1c1ccccc1. The highest BCUT2D eigenvalue weighted by Gasteiger charge is 2.46. The van der Waals surface area contributed by atoms with Gasteiger partial charge in [-0.1, -0.05) is 30.3 Å². The van der Waals surface area contributed by atoms with Gasteiger partial charge in [0.1, 0.15) is 0 Å². The number of benzene rings is 1. The normalized spacial score (nSPS) is 31.4. The largest absolute Gasteiger partial charge is 0.339 e. The molecule has 3 aliphatic heterocycles. The van der Waals surface area contributed by atoms with Gasteiger partial charge in [-0.15, -0.1) is 0 Å². The highest BCUT2D eigenvalue weighted by molar-refractivity contribution is 5.78. The van der Waals surface area contributed by atoms with Crippen LogP contribution in [0.4, 0.5) is 0 Å². The second-order valence-corrected chi connectivity index (χ2v) is 7.54. The van der Waals surface area contributed by atoms with Crippen molar-refractivity contribution in [2.45, 2.75) is 6.04 Å². The van der Waals surface area contributed by atoms with E-state index in [9.17, 15) is 4.79 Å². The van der Waals surface area contributed by atoms with E-state index >= 15 is 0 Å². The summed E-state index contributed by atoms with van der Waals surface area (Å²) in [5.74, 6) is 1.64. The van der Waals surface area contributed by atoms with Gasteiger partial charge < -0.3 is 10.2 Å². The first-order valence-electron chi connectivity index (χ1n) is 9.18. The van der Waals surface area contributed by atoms with Crippen molar-refractivity contribution >= 4 is 5.91 Å².